The number of aromatic amines is 1. The number of carbonyl (C=O) groups is 2. The Kier molecular flexibility index (Phi) is 5.45. The van der Waals surface area contributed by atoms with Gasteiger partial charge in [-0.1, -0.05) is 39.0 Å². The molecule has 0 radical (unpaired) electrons. The van der Waals surface area contributed by atoms with E-state index in [1.54, 1.807) is 42.5 Å². The maximum atomic E-state index is 12.8. The predicted molar refractivity (Wildman–Crippen MR) is 130 cm³/mol. The van der Waals surface area contributed by atoms with Crippen molar-refractivity contribution in [2.75, 3.05) is 16.4 Å². The second kappa shape index (κ2) is 8.23. The second-order valence-electron chi connectivity index (χ2n) is 8.82. The number of amides is 2. The Balaban J connectivity index is 1.55. The molecule has 1 heterocycles. The minimum atomic E-state index is -0.281. The van der Waals surface area contributed by atoms with E-state index >= 15 is 0 Å². The first-order valence-electron chi connectivity index (χ1n) is 10.4. The number of aromatic nitrogens is 1. The lowest BCUT2D eigenvalue weighted by molar-refractivity contribution is 0.101. The van der Waals surface area contributed by atoms with Gasteiger partial charge in [-0.2, -0.15) is 0 Å². The number of nitrogen functional groups attached to an aromatic ring is 1. The highest BCUT2D eigenvalue weighted by Gasteiger charge is 2.16. The Morgan fingerprint density at radius 2 is 1.44 bits per heavy atom. The van der Waals surface area contributed by atoms with Crippen LogP contribution < -0.4 is 16.4 Å². The van der Waals surface area contributed by atoms with E-state index in [2.05, 4.69) is 36.4 Å². The van der Waals surface area contributed by atoms with Crippen LogP contribution in [-0.4, -0.2) is 16.8 Å². The van der Waals surface area contributed by atoms with Crippen LogP contribution in [0.15, 0.2) is 72.9 Å². The van der Waals surface area contributed by atoms with Crippen LogP contribution in [0.1, 0.15) is 47.1 Å². The largest absolute Gasteiger partial charge is 0.399 e. The van der Waals surface area contributed by atoms with Gasteiger partial charge < -0.3 is 21.4 Å². The molecule has 6 nitrogen and oxygen atoms in total. The summed E-state index contributed by atoms with van der Waals surface area (Å²) in [7, 11) is 0. The maximum Gasteiger partial charge on any atom is 0.255 e. The number of anilines is 3. The van der Waals surface area contributed by atoms with Crippen molar-refractivity contribution < 1.29 is 9.59 Å². The Morgan fingerprint density at radius 1 is 0.781 bits per heavy atom. The van der Waals surface area contributed by atoms with Crippen molar-refractivity contribution in [1.29, 1.82) is 0 Å². The highest BCUT2D eigenvalue weighted by atomic mass is 16.2. The quantitative estimate of drug-likeness (QED) is 0.322. The Labute approximate surface area is 186 Å². The van der Waals surface area contributed by atoms with Gasteiger partial charge in [0.2, 0.25) is 0 Å². The predicted octanol–water partition coefficient (Wildman–Crippen LogP) is 5.55. The fraction of sp³-hybridized carbons (Fsp3) is 0.154. The molecule has 162 valence electrons. The Morgan fingerprint density at radius 3 is 2.16 bits per heavy atom. The van der Waals surface area contributed by atoms with Crippen LogP contribution in [0.2, 0.25) is 0 Å². The normalized spacial score (nSPS) is 11.3. The van der Waals surface area contributed by atoms with Crippen molar-refractivity contribution in [1.82, 2.24) is 4.98 Å². The Hall–Kier alpha value is -4.06. The molecule has 0 aliphatic carbocycles. The number of H-pyrrole nitrogens is 1. The topological polar surface area (TPSA) is 100 Å². The minimum Gasteiger partial charge on any atom is -0.399 e. The van der Waals surface area contributed by atoms with Gasteiger partial charge in [0.15, 0.2) is 0 Å². The van der Waals surface area contributed by atoms with Crippen LogP contribution in [0.3, 0.4) is 0 Å². The summed E-state index contributed by atoms with van der Waals surface area (Å²) in [4.78, 5) is 28.8. The fourth-order valence-corrected chi connectivity index (χ4v) is 3.47. The second-order valence-corrected chi connectivity index (χ2v) is 8.82. The van der Waals surface area contributed by atoms with E-state index in [4.69, 9.17) is 5.73 Å². The van der Waals surface area contributed by atoms with Crippen LogP contribution in [0.5, 0.6) is 0 Å². The van der Waals surface area contributed by atoms with E-state index < -0.39 is 0 Å². The zero-order valence-electron chi connectivity index (χ0n) is 18.3. The molecule has 0 fully saturated rings. The van der Waals surface area contributed by atoms with Crippen LogP contribution >= 0.6 is 0 Å². The summed E-state index contributed by atoms with van der Waals surface area (Å²) >= 11 is 0. The molecule has 4 aromatic rings. The van der Waals surface area contributed by atoms with Gasteiger partial charge in [-0.05, 0) is 64.9 Å². The lowest BCUT2D eigenvalue weighted by atomic mass is 9.87. The number of nitrogens with two attached hydrogens (primary N) is 1. The molecule has 6 heteroatoms. The van der Waals surface area contributed by atoms with E-state index in [1.165, 1.54) is 0 Å². The molecule has 0 aliphatic rings. The number of fused-ring (bicyclic) bond motifs is 1. The number of rotatable bonds is 4. The fourth-order valence-electron chi connectivity index (χ4n) is 3.47. The molecule has 0 atom stereocenters. The smallest absolute Gasteiger partial charge is 0.255 e. The SMILES string of the molecule is CC(C)(C)c1ccc(C(=O)Nc2cc(N)ccc2NC(=O)c2ccc3cc[nH]c3c2)cc1. The van der Waals surface area contributed by atoms with Gasteiger partial charge in [-0.3, -0.25) is 9.59 Å². The first-order valence-corrected chi connectivity index (χ1v) is 10.4. The first kappa shape index (κ1) is 21.2. The number of hydrogen-bond donors (Lipinski definition) is 4. The molecule has 3 aromatic carbocycles. The van der Waals surface area contributed by atoms with E-state index in [-0.39, 0.29) is 17.2 Å². The van der Waals surface area contributed by atoms with E-state index in [0.717, 1.165) is 16.5 Å². The summed E-state index contributed by atoms with van der Waals surface area (Å²) in [6.07, 6.45) is 1.83. The van der Waals surface area contributed by atoms with Crippen LogP contribution in [0, 0.1) is 0 Å². The summed E-state index contributed by atoms with van der Waals surface area (Å²) in [5.74, 6) is -0.560. The van der Waals surface area contributed by atoms with Crippen molar-refractivity contribution >= 4 is 39.8 Å². The third kappa shape index (κ3) is 4.49. The zero-order valence-corrected chi connectivity index (χ0v) is 18.3. The van der Waals surface area contributed by atoms with Gasteiger partial charge in [0, 0.05) is 28.5 Å². The van der Waals surface area contributed by atoms with Crippen LogP contribution in [-0.2, 0) is 5.41 Å². The van der Waals surface area contributed by atoms with Crippen molar-refractivity contribution in [2.45, 2.75) is 26.2 Å². The van der Waals surface area contributed by atoms with E-state index in [1.807, 2.05) is 30.5 Å². The molecule has 32 heavy (non-hydrogen) atoms. The van der Waals surface area contributed by atoms with Gasteiger partial charge in [0.05, 0.1) is 11.4 Å². The van der Waals surface area contributed by atoms with Gasteiger partial charge in [0.1, 0.15) is 0 Å². The van der Waals surface area contributed by atoms with E-state index in [0.29, 0.717) is 28.2 Å². The molecule has 0 unspecified atom stereocenters. The van der Waals surface area contributed by atoms with Gasteiger partial charge in [-0.15, -0.1) is 0 Å². The highest BCUT2D eigenvalue weighted by molar-refractivity contribution is 6.11. The molecule has 0 saturated carbocycles. The minimum absolute atomic E-state index is 0.00345. The molecule has 0 aliphatic heterocycles. The summed E-state index contributed by atoms with van der Waals surface area (Å²) in [5.41, 5.74) is 10.4. The molecular weight excluding hydrogens is 400 g/mol. The third-order valence-electron chi connectivity index (χ3n) is 5.37. The average Bonchev–Trinajstić information content (AvgIpc) is 3.23. The summed E-state index contributed by atoms with van der Waals surface area (Å²) in [5, 5.41) is 6.77. The van der Waals surface area contributed by atoms with Crippen molar-refractivity contribution in [3.63, 3.8) is 0 Å². The molecule has 0 spiro atoms. The third-order valence-corrected chi connectivity index (χ3v) is 5.37. The number of hydrogen-bond acceptors (Lipinski definition) is 3. The number of benzene rings is 3. The van der Waals surface area contributed by atoms with Crippen LogP contribution in [0.25, 0.3) is 10.9 Å². The first-order chi connectivity index (χ1) is 15.2. The van der Waals surface area contributed by atoms with Gasteiger partial charge in [-0.25, -0.2) is 0 Å². The molecule has 4 rings (SSSR count). The lowest BCUT2D eigenvalue weighted by Gasteiger charge is -2.19. The van der Waals surface area contributed by atoms with Crippen molar-refractivity contribution in [2.24, 2.45) is 0 Å². The molecule has 0 bridgehead atoms. The van der Waals surface area contributed by atoms with Gasteiger partial charge >= 0.3 is 0 Å². The Bertz CT molecular complexity index is 1300. The lowest BCUT2D eigenvalue weighted by Crippen LogP contribution is -2.17. The molecule has 0 saturated heterocycles. The molecular formula is C26H26N4O2. The molecule has 1 aromatic heterocycles. The van der Waals surface area contributed by atoms with Gasteiger partial charge in [0.25, 0.3) is 11.8 Å². The highest BCUT2D eigenvalue weighted by Crippen LogP contribution is 2.27. The van der Waals surface area contributed by atoms with Crippen LogP contribution in [0.4, 0.5) is 17.1 Å². The van der Waals surface area contributed by atoms with E-state index in [9.17, 15) is 9.59 Å². The standard InChI is InChI=1S/C26H26N4O2/c1-26(2,3)19-8-6-17(7-9-19)24(31)30-23-15-20(27)10-11-21(23)29-25(32)18-5-4-16-12-13-28-22(16)14-18/h4-15,28H,27H2,1-3H3,(H,29,32)(H,30,31). The summed E-state index contributed by atoms with van der Waals surface area (Å²) in [6.45, 7) is 6.37. The molecule has 2 amide bonds. The maximum absolute atomic E-state index is 12.8. The summed E-state index contributed by atoms with van der Waals surface area (Å²) < 4.78 is 0. The summed E-state index contributed by atoms with van der Waals surface area (Å²) in [6, 6.07) is 19.9. The monoisotopic (exact) mass is 426 g/mol. The number of carbonyl (C=O) groups excluding carboxylic acids is 2. The van der Waals surface area contributed by atoms with Crippen molar-refractivity contribution in [3.8, 4) is 0 Å². The zero-order chi connectivity index (χ0) is 22.9. The molecule has 5 N–H and O–H groups in total. The number of nitrogens with one attached hydrogen (secondary N) is 3. The average molecular weight is 427 g/mol. The van der Waals surface area contributed by atoms with Crippen molar-refractivity contribution in [3.05, 3.63) is 89.6 Å².